The third kappa shape index (κ3) is 6.07. The molecular weight excluding hydrogens is 406 g/mol. The van der Waals surface area contributed by atoms with E-state index in [2.05, 4.69) is 10.6 Å². The normalized spacial score (nSPS) is 12.6. The first kappa shape index (κ1) is 22.9. The summed E-state index contributed by atoms with van der Waals surface area (Å²) in [6.45, 7) is 6.22. The molecule has 0 aliphatic heterocycles. The Balaban J connectivity index is 2.17. The number of amides is 1. The number of aryl methyl sites for hydroxylation is 1. The lowest BCUT2D eigenvalue weighted by molar-refractivity contribution is -0.112. The third-order valence-corrected chi connectivity index (χ3v) is 5.01. The number of nitriles is 1. The van der Waals surface area contributed by atoms with E-state index in [1.165, 1.54) is 24.4 Å². The molecule has 2 rings (SSSR count). The van der Waals surface area contributed by atoms with Gasteiger partial charge in [-0.25, -0.2) is 0 Å². The van der Waals surface area contributed by atoms with Gasteiger partial charge in [0.2, 0.25) is 0 Å². The zero-order valence-corrected chi connectivity index (χ0v) is 17.7. The van der Waals surface area contributed by atoms with Crippen LogP contribution in [0.2, 0.25) is 0 Å². The fraction of sp³-hybridized carbons (Fsp3) is 0.238. The smallest absolute Gasteiger partial charge is 0.294 e. The fourth-order valence-corrected chi connectivity index (χ4v) is 3.20. The molecule has 30 heavy (non-hydrogen) atoms. The van der Waals surface area contributed by atoms with Gasteiger partial charge in [0.05, 0.1) is 17.5 Å². The molecule has 0 saturated heterocycles. The molecule has 2 aromatic rings. The number of ether oxygens (including phenoxy) is 1. The molecule has 2 aromatic carbocycles. The molecule has 8 nitrogen and oxygen atoms in total. The Morgan fingerprint density at radius 2 is 2.03 bits per heavy atom. The van der Waals surface area contributed by atoms with Crippen molar-refractivity contribution in [2.45, 2.75) is 31.7 Å². The van der Waals surface area contributed by atoms with E-state index in [9.17, 15) is 18.5 Å². The summed E-state index contributed by atoms with van der Waals surface area (Å²) in [6, 6.07) is 12.4. The maximum absolute atomic E-state index is 12.4. The Hall–Kier alpha value is -3.35. The van der Waals surface area contributed by atoms with Crippen molar-refractivity contribution in [3.8, 4) is 11.8 Å². The first-order chi connectivity index (χ1) is 14.2. The van der Waals surface area contributed by atoms with Crippen LogP contribution in [0.3, 0.4) is 0 Å². The lowest BCUT2D eigenvalue weighted by Crippen LogP contribution is -2.19. The van der Waals surface area contributed by atoms with Crippen LogP contribution in [0, 0.1) is 18.3 Å². The molecule has 0 aromatic heterocycles. The zero-order chi connectivity index (χ0) is 22.3. The van der Waals surface area contributed by atoms with Crippen molar-refractivity contribution >= 4 is 21.7 Å². The Morgan fingerprint density at radius 3 is 2.67 bits per heavy atom. The van der Waals surface area contributed by atoms with Crippen LogP contribution in [0.5, 0.6) is 5.75 Å². The molecule has 158 valence electrons. The van der Waals surface area contributed by atoms with Crippen molar-refractivity contribution < 1.29 is 22.5 Å². The van der Waals surface area contributed by atoms with Gasteiger partial charge in [-0.1, -0.05) is 23.8 Å². The van der Waals surface area contributed by atoms with Gasteiger partial charge in [0, 0.05) is 17.5 Å². The Bertz CT molecular complexity index is 1100. The summed E-state index contributed by atoms with van der Waals surface area (Å²) in [5, 5.41) is 14.8. The van der Waals surface area contributed by atoms with Crippen molar-refractivity contribution in [1.82, 2.24) is 5.32 Å². The quantitative estimate of drug-likeness (QED) is 0.333. The van der Waals surface area contributed by atoms with Gasteiger partial charge in [-0.3, -0.25) is 9.35 Å². The maximum atomic E-state index is 12.4. The molecule has 0 spiro atoms. The number of rotatable bonds is 8. The number of nitrogens with one attached hydrogen (secondary N) is 2. The van der Waals surface area contributed by atoms with E-state index in [4.69, 9.17) is 9.29 Å². The molecule has 0 bridgehead atoms. The zero-order valence-electron chi connectivity index (χ0n) is 16.8. The third-order valence-electron chi connectivity index (χ3n) is 4.16. The Morgan fingerprint density at radius 1 is 1.30 bits per heavy atom. The SMILES string of the molecule is CCOc1ccc(C)cc1C(C)N/C=C(/C#N)C(=O)Nc1cccc(S(=O)(=O)O)c1. The van der Waals surface area contributed by atoms with Gasteiger partial charge < -0.3 is 15.4 Å². The minimum Gasteiger partial charge on any atom is -0.494 e. The van der Waals surface area contributed by atoms with Crippen LogP contribution < -0.4 is 15.4 Å². The summed E-state index contributed by atoms with van der Waals surface area (Å²) in [5.74, 6) is -0.0135. The summed E-state index contributed by atoms with van der Waals surface area (Å²) >= 11 is 0. The van der Waals surface area contributed by atoms with Gasteiger partial charge in [0.15, 0.2) is 0 Å². The van der Waals surface area contributed by atoms with Crippen LogP contribution in [0.1, 0.15) is 31.0 Å². The van der Waals surface area contributed by atoms with Crippen LogP contribution in [0.15, 0.2) is 59.1 Å². The van der Waals surface area contributed by atoms with E-state index >= 15 is 0 Å². The Labute approximate surface area is 175 Å². The van der Waals surface area contributed by atoms with Gasteiger partial charge in [0.1, 0.15) is 17.4 Å². The molecule has 1 unspecified atom stereocenters. The highest BCUT2D eigenvalue weighted by Crippen LogP contribution is 2.26. The molecule has 1 amide bonds. The molecule has 0 radical (unpaired) electrons. The highest BCUT2D eigenvalue weighted by Gasteiger charge is 2.15. The molecule has 3 N–H and O–H groups in total. The predicted molar refractivity (Wildman–Crippen MR) is 112 cm³/mol. The van der Waals surface area contributed by atoms with Crippen LogP contribution >= 0.6 is 0 Å². The highest BCUT2D eigenvalue weighted by molar-refractivity contribution is 7.85. The second-order valence-corrected chi connectivity index (χ2v) is 7.91. The summed E-state index contributed by atoms with van der Waals surface area (Å²) < 4.78 is 37.2. The van der Waals surface area contributed by atoms with E-state index in [1.807, 2.05) is 45.0 Å². The summed E-state index contributed by atoms with van der Waals surface area (Å²) in [5.41, 5.74) is 1.85. The monoisotopic (exact) mass is 429 g/mol. The van der Waals surface area contributed by atoms with Gasteiger partial charge in [-0.15, -0.1) is 0 Å². The molecule has 1 atom stereocenters. The molecular formula is C21H23N3O5S. The maximum Gasteiger partial charge on any atom is 0.294 e. The minimum atomic E-state index is -4.41. The number of hydrogen-bond acceptors (Lipinski definition) is 6. The summed E-state index contributed by atoms with van der Waals surface area (Å²) in [4.78, 5) is 12.0. The average molecular weight is 429 g/mol. The standard InChI is InChI=1S/C21H23N3O5S/c1-4-29-20-9-8-14(2)10-19(20)15(3)23-13-16(12-22)21(25)24-17-6-5-7-18(11-17)30(26,27)28/h5-11,13,15,23H,4H2,1-3H3,(H,24,25)(H,26,27,28)/b16-13-. The van der Waals surface area contributed by atoms with E-state index in [1.54, 1.807) is 0 Å². The predicted octanol–water partition coefficient (Wildman–Crippen LogP) is 3.34. The number of carbonyl (C=O) groups excluding carboxylic acids is 1. The van der Waals surface area contributed by atoms with E-state index in [0.29, 0.717) is 12.4 Å². The molecule has 0 heterocycles. The van der Waals surface area contributed by atoms with Crippen molar-refractivity contribution in [2.75, 3.05) is 11.9 Å². The van der Waals surface area contributed by atoms with E-state index in [0.717, 1.165) is 17.2 Å². The highest BCUT2D eigenvalue weighted by atomic mass is 32.2. The molecule has 0 fully saturated rings. The van der Waals surface area contributed by atoms with Crippen LogP contribution in [-0.4, -0.2) is 25.5 Å². The van der Waals surface area contributed by atoms with Crippen molar-refractivity contribution in [3.63, 3.8) is 0 Å². The molecule has 0 aliphatic carbocycles. The molecule has 0 saturated carbocycles. The van der Waals surface area contributed by atoms with Gasteiger partial charge in [-0.05, 0) is 45.0 Å². The number of benzene rings is 2. The second-order valence-electron chi connectivity index (χ2n) is 6.49. The lowest BCUT2D eigenvalue weighted by Gasteiger charge is -2.18. The molecule has 9 heteroatoms. The number of nitrogens with zero attached hydrogens (tertiary/aromatic N) is 1. The van der Waals surface area contributed by atoms with E-state index < -0.39 is 16.0 Å². The van der Waals surface area contributed by atoms with Crippen molar-refractivity contribution in [1.29, 1.82) is 5.26 Å². The largest absolute Gasteiger partial charge is 0.494 e. The van der Waals surface area contributed by atoms with Gasteiger partial charge in [0.25, 0.3) is 16.0 Å². The topological polar surface area (TPSA) is 129 Å². The fourth-order valence-electron chi connectivity index (χ4n) is 2.67. The first-order valence-electron chi connectivity index (χ1n) is 9.14. The summed E-state index contributed by atoms with van der Waals surface area (Å²) in [7, 11) is -4.41. The van der Waals surface area contributed by atoms with Crippen molar-refractivity contribution in [3.05, 3.63) is 65.4 Å². The van der Waals surface area contributed by atoms with Crippen LogP contribution in [0.4, 0.5) is 5.69 Å². The number of hydrogen-bond donors (Lipinski definition) is 3. The Kier molecular flexibility index (Phi) is 7.58. The van der Waals surface area contributed by atoms with Crippen LogP contribution in [-0.2, 0) is 14.9 Å². The van der Waals surface area contributed by atoms with Gasteiger partial charge >= 0.3 is 0 Å². The van der Waals surface area contributed by atoms with Crippen LogP contribution in [0.25, 0.3) is 0 Å². The van der Waals surface area contributed by atoms with Gasteiger partial charge in [-0.2, -0.15) is 13.7 Å². The first-order valence-corrected chi connectivity index (χ1v) is 10.6. The number of anilines is 1. The van der Waals surface area contributed by atoms with Crippen molar-refractivity contribution in [2.24, 2.45) is 0 Å². The number of carbonyl (C=O) groups is 1. The van der Waals surface area contributed by atoms with E-state index in [-0.39, 0.29) is 22.2 Å². The summed E-state index contributed by atoms with van der Waals surface area (Å²) in [6.07, 6.45) is 1.30. The average Bonchev–Trinajstić information content (AvgIpc) is 2.69. The molecule has 0 aliphatic rings. The lowest BCUT2D eigenvalue weighted by atomic mass is 10.0. The second kappa shape index (κ2) is 9.91. The minimum absolute atomic E-state index is 0.127.